The van der Waals surface area contributed by atoms with Crippen molar-refractivity contribution in [2.45, 2.75) is 25.9 Å². The molecule has 0 saturated carbocycles. The number of nitrogens with two attached hydrogens (primary N) is 1. The summed E-state index contributed by atoms with van der Waals surface area (Å²) in [7, 11) is 0. The van der Waals surface area contributed by atoms with Gasteiger partial charge in [0.1, 0.15) is 5.82 Å². The van der Waals surface area contributed by atoms with Crippen LogP contribution in [0.4, 0.5) is 4.39 Å². The number of hydrogen-bond donors (Lipinski definition) is 2. The number of amides is 1. The molecule has 3 unspecified atom stereocenters. The van der Waals surface area contributed by atoms with Gasteiger partial charge in [0, 0.05) is 16.6 Å². The van der Waals surface area contributed by atoms with E-state index in [0.717, 1.165) is 5.56 Å². The van der Waals surface area contributed by atoms with Crippen molar-refractivity contribution in [2.24, 2.45) is 11.7 Å². The normalized spacial score (nSPS) is 14.2. The third-order valence-electron chi connectivity index (χ3n) is 3.93. The molecule has 0 heterocycles. The standard InChI is InChI=1S/C18H20ClFN2O.ClH/c1-11(17(21)13-7-4-3-5-8-13)18(23)22-12(2)16-14(19)9-6-10-15(16)20;/h3-12,17H,21H2,1-2H3,(H,22,23);1H. The Morgan fingerprint density at radius 2 is 1.75 bits per heavy atom. The Morgan fingerprint density at radius 1 is 1.12 bits per heavy atom. The Bertz CT molecular complexity index is 662. The quantitative estimate of drug-likeness (QED) is 0.818. The number of carbonyl (C=O) groups is 1. The maximum Gasteiger partial charge on any atom is 0.225 e. The lowest BCUT2D eigenvalue weighted by Gasteiger charge is -2.23. The molecule has 3 nitrogen and oxygen atoms in total. The van der Waals surface area contributed by atoms with Crippen LogP contribution < -0.4 is 11.1 Å². The fourth-order valence-corrected chi connectivity index (χ4v) is 2.80. The van der Waals surface area contributed by atoms with Crippen molar-refractivity contribution in [1.82, 2.24) is 5.32 Å². The highest BCUT2D eigenvalue weighted by Gasteiger charge is 2.25. The minimum Gasteiger partial charge on any atom is -0.349 e. The number of nitrogens with one attached hydrogen (secondary N) is 1. The molecule has 0 spiro atoms. The predicted molar refractivity (Wildman–Crippen MR) is 97.8 cm³/mol. The number of halogens is 3. The molecular formula is C18H21Cl2FN2O. The number of benzene rings is 2. The largest absolute Gasteiger partial charge is 0.349 e. The molecule has 0 bridgehead atoms. The molecule has 2 aromatic rings. The molecule has 3 atom stereocenters. The zero-order valence-corrected chi connectivity index (χ0v) is 15.1. The van der Waals surface area contributed by atoms with Crippen LogP contribution in [-0.2, 0) is 4.79 Å². The van der Waals surface area contributed by atoms with E-state index in [-0.39, 0.29) is 28.9 Å². The zero-order chi connectivity index (χ0) is 17.0. The summed E-state index contributed by atoms with van der Waals surface area (Å²) >= 11 is 6.03. The summed E-state index contributed by atoms with van der Waals surface area (Å²) in [6.45, 7) is 3.45. The van der Waals surface area contributed by atoms with E-state index in [4.69, 9.17) is 17.3 Å². The Hall–Kier alpha value is -1.62. The highest BCUT2D eigenvalue weighted by Crippen LogP contribution is 2.26. The van der Waals surface area contributed by atoms with Gasteiger partial charge < -0.3 is 11.1 Å². The van der Waals surface area contributed by atoms with Gasteiger partial charge >= 0.3 is 0 Å². The topological polar surface area (TPSA) is 55.1 Å². The fraction of sp³-hybridized carbons (Fsp3) is 0.278. The lowest BCUT2D eigenvalue weighted by Crippen LogP contribution is -2.37. The Morgan fingerprint density at radius 3 is 2.33 bits per heavy atom. The summed E-state index contributed by atoms with van der Waals surface area (Å²) in [5, 5.41) is 3.07. The van der Waals surface area contributed by atoms with E-state index in [2.05, 4.69) is 5.32 Å². The van der Waals surface area contributed by atoms with Crippen LogP contribution in [0.1, 0.15) is 37.1 Å². The highest BCUT2D eigenvalue weighted by molar-refractivity contribution is 6.31. The summed E-state index contributed by atoms with van der Waals surface area (Å²) in [4.78, 5) is 12.4. The molecular weight excluding hydrogens is 350 g/mol. The van der Waals surface area contributed by atoms with Crippen molar-refractivity contribution in [1.29, 1.82) is 0 Å². The molecule has 0 aromatic heterocycles. The molecule has 1 amide bonds. The lowest BCUT2D eigenvalue weighted by molar-refractivity contribution is -0.125. The second-order valence-corrected chi connectivity index (χ2v) is 6.00. The number of rotatable bonds is 5. The molecule has 0 aliphatic rings. The van der Waals surface area contributed by atoms with Crippen LogP contribution in [0.2, 0.25) is 5.02 Å². The molecule has 6 heteroatoms. The molecule has 2 aromatic carbocycles. The van der Waals surface area contributed by atoms with E-state index >= 15 is 0 Å². The van der Waals surface area contributed by atoms with Crippen LogP contribution in [0.5, 0.6) is 0 Å². The first-order valence-electron chi connectivity index (χ1n) is 7.46. The smallest absolute Gasteiger partial charge is 0.225 e. The van der Waals surface area contributed by atoms with Gasteiger partial charge in [0.2, 0.25) is 5.91 Å². The molecule has 130 valence electrons. The monoisotopic (exact) mass is 370 g/mol. The first-order chi connectivity index (χ1) is 10.9. The average Bonchev–Trinajstić information content (AvgIpc) is 2.54. The lowest BCUT2D eigenvalue weighted by atomic mass is 9.94. The van der Waals surface area contributed by atoms with Gasteiger partial charge in [-0.2, -0.15) is 0 Å². The third kappa shape index (κ3) is 4.69. The predicted octanol–water partition coefficient (Wildman–Crippen LogP) is 4.41. The van der Waals surface area contributed by atoms with Gasteiger partial charge in [-0.15, -0.1) is 12.4 Å². The van der Waals surface area contributed by atoms with Crippen molar-refractivity contribution < 1.29 is 9.18 Å². The third-order valence-corrected chi connectivity index (χ3v) is 4.26. The number of carbonyl (C=O) groups excluding carboxylic acids is 1. The van der Waals surface area contributed by atoms with E-state index in [1.54, 1.807) is 19.9 Å². The summed E-state index contributed by atoms with van der Waals surface area (Å²) in [5.74, 6) is -1.14. The van der Waals surface area contributed by atoms with Gasteiger partial charge in [-0.25, -0.2) is 4.39 Å². The number of hydrogen-bond acceptors (Lipinski definition) is 2. The first kappa shape index (κ1) is 20.4. The van der Waals surface area contributed by atoms with Gasteiger partial charge in [-0.3, -0.25) is 4.79 Å². The molecule has 2 rings (SSSR count). The summed E-state index contributed by atoms with van der Waals surface area (Å²) < 4.78 is 13.9. The molecule has 0 aliphatic carbocycles. The molecule has 0 fully saturated rings. The van der Waals surface area contributed by atoms with Crippen LogP contribution in [0, 0.1) is 11.7 Å². The van der Waals surface area contributed by atoms with Gasteiger partial charge in [-0.1, -0.05) is 54.9 Å². The average molecular weight is 371 g/mol. The van der Waals surface area contributed by atoms with Crippen LogP contribution in [0.3, 0.4) is 0 Å². The summed E-state index contributed by atoms with van der Waals surface area (Å²) in [5.41, 5.74) is 7.31. The fourth-order valence-electron chi connectivity index (χ4n) is 2.47. The van der Waals surface area contributed by atoms with E-state index in [9.17, 15) is 9.18 Å². The van der Waals surface area contributed by atoms with Crippen molar-refractivity contribution in [3.8, 4) is 0 Å². The van der Waals surface area contributed by atoms with Crippen LogP contribution in [0.25, 0.3) is 0 Å². The minimum absolute atomic E-state index is 0. The van der Waals surface area contributed by atoms with E-state index < -0.39 is 23.8 Å². The van der Waals surface area contributed by atoms with Crippen molar-refractivity contribution in [3.05, 3.63) is 70.5 Å². The summed E-state index contributed by atoms with van der Waals surface area (Å²) in [6.07, 6.45) is 0. The first-order valence-corrected chi connectivity index (χ1v) is 7.84. The van der Waals surface area contributed by atoms with E-state index in [1.165, 1.54) is 12.1 Å². The molecule has 0 saturated heterocycles. The maximum absolute atomic E-state index is 13.9. The van der Waals surface area contributed by atoms with Gasteiger partial charge in [0.15, 0.2) is 0 Å². The second kappa shape index (κ2) is 9.02. The highest BCUT2D eigenvalue weighted by atomic mass is 35.5. The second-order valence-electron chi connectivity index (χ2n) is 5.59. The Labute approximate surface area is 152 Å². The molecule has 24 heavy (non-hydrogen) atoms. The molecule has 0 radical (unpaired) electrons. The van der Waals surface area contributed by atoms with Gasteiger partial charge in [0.25, 0.3) is 0 Å². The van der Waals surface area contributed by atoms with Crippen molar-refractivity contribution in [2.75, 3.05) is 0 Å². The van der Waals surface area contributed by atoms with Crippen LogP contribution >= 0.6 is 24.0 Å². The molecule has 3 N–H and O–H groups in total. The van der Waals surface area contributed by atoms with Crippen molar-refractivity contribution in [3.63, 3.8) is 0 Å². The Kier molecular flexibility index (Phi) is 7.67. The van der Waals surface area contributed by atoms with Crippen LogP contribution in [-0.4, -0.2) is 5.91 Å². The maximum atomic E-state index is 13.9. The van der Waals surface area contributed by atoms with E-state index in [1.807, 2.05) is 30.3 Å². The SMILES string of the molecule is CC(NC(=O)C(C)C(N)c1ccccc1)c1c(F)cccc1Cl.Cl. The van der Waals surface area contributed by atoms with Crippen molar-refractivity contribution >= 4 is 29.9 Å². The Balaban J connectivity index is 0.00000288. The summed E-state index contributed by atoms with van der Waals surface area (Å²) in [6, 6.07) is 12.9. The minimum atomic E-state index is -0.540. The van der Waals surface area contributed by atoms with Gasteiger partial charge in [0.05, 0.1) is 12.0 Å². The van der Waals surface area contributed by atoms with Gasteiger partial charge in [-0.05, 0) is 24.6 Å². The van der Waals surface area contributed by atoms with Crippen LogP contribution in [0.15, 0.2) is 48.5 Å². The molecule has 0 aliphatic heterocycles. The van der Waals surface area contributed by atoms with E-state index in [0.29, 0.717) is 0 Å². The zero-order valence-electron chi connectivity index (χ0n) is 13.5.